The zero-order valence-corrected chi connectivity index (χ0v) is 19.5. The number of aromatic nitrogens is 1. The van der Waals surface area contributed by atoms with Gasteiger partial charge in [-0.15, -0.1) is 0 Å². The topological polar surface area (TPSA) is 178 Å². The van der Waals surface area contributed by atoms with Gasteiger partial charge in [-0.1, -0.05) is 30.3 Å². The fraction of sp³-hybridized carbons (Fsp3) is 0.409. The van der Waals surface area contributed by atoms with Crippen molar-refractivity contribution in [2.45, 2.75) is 45.1 Å². The van der Waals surface area contributed by atoms with Crippen molar-refractivity contribution in [2.75, 3.05) is 13.2 Å². The van der Waals surface area contributed by atoms with Crippen LogP contribution in [0.25, 0.3) is 0 Å². The summed E-state index contributed by atoms with van der Waals surface area (Å²) in [5.41, 5.74) is 0.0603. The fourth-order valence-electron chi connectivity index (χ4n) is 2.70. The van der Waals surface area contributed by atoms with E-state index >= 15 is 0 Å². The molecule has 1 aromatic heterocycles. The molecule has 2 unspecified atom stereocenters. The van der Waals surface area contributed by atoms with Gasteiger partial charge in [-0.2, -0.15) is 0 Å². The van der Waals surface area contributed by atoms with E-state index in [1.54, 1.807) is 51.1 Å². The molecular formula is C22H28N4O9. The van der Waals surface area contributed by atoms with Gasteiger partial charge < -0.3 is 39.8 Å². The van der Waals surface area contributed by atoms with Crippen LogP contribution in [0.5, 0.6) is 5.88 Å². The Hall–Kier alpha value is -4.29. The zero-order chi connectivity index (χ0) is 25.8. The van der Waals surface area contributed by atoms with Crippen LogP contribution in [0.1, 0.15) is 38.1 Å². The van der Waals surface area contributed by atoms with E-state index in [1.165, 1.54) is 6.07 Å². The molecule has 0 aliphatic heterocycles. The first-order valence-electron chi connectivity index (χ1n) is 10.5. The molecule has 0 aliphatic carbocycles. The van der Waals surface area contributed by atoms with Crippen molar-refractivity contribution in [1.82, 2.24) is 21.1 Å². The standard InChI is InChI=1S/C22H28N4O9/c1-22(2,3)34-20(30)23-9-10-32-16-11-15(35-26-16)17(24-13-27)18(19(28)29)25-21(31)33-12-14-7-5-4-6-8-14/h4-8,11,13,17-18H,9-10,12H2,1-3H3,(H,23,30)(H,24,27)(H,25,31)(H,28,29). The number of hydrogen-bond acceptors (Lipinski definition) is 9. The molecule has 0 saturated heterocycles. The Bertz CT molecular complexity index is 988. The maximum absolute atomic E-state index is 12.2. The maximum Gasteiger partial charge on any atom is 0.408 e. The molecule has 0 saturated carbocycles. The minimum absolute atomic E-state index is 0.00339. The Balaban J connectivity index is 1.94. The van der Waals surface area contributed by atoms with E-state index in [9.17, 15) is 24.3 Å². The van der Waals surface area contributed by atoms with Crippen molar-refractivity contribution >= 4 is 24.6 Å². The lowest BCUT2D eigenvalue weighted by molar-refractivity contribution is -0.140. The monoisotopic (exact) mass is 492 g/mol. The van der Waals surface area contributed by atoms with E-state index in [-0.39, 0.29) is 37.8 Å². The van der Waals surface area contributed by atoms with Crippen molar-refractivity contribution in [3.63, 3.8) is 0 Å². The lowest BCUT2D eigenvalue weighted by atomic mass is 10.1. The summed E-state index contributed by atoms with van der Waals surface area (Å²) in [5, 5.41) is 20.2. The van der Waals surface area contributed by atoms with Gasteiger partial charge in [0.05, 0.1) is 6.54 Å². The quantitative estimate of drug-likeness (QED) is 0.252. The number of carboxylic acids is 1. The summed E-state index contributed by atoms with van der Waals surface area (Å²) in [7, 11) is 0. The van der Waals surface area contributed by atoms with Gasteiger partial charge >= 0.3 is 18.2 Å². The Morgan fingerprint density at radius 2 is 1.89 bits per heavy atom. The minimum Gasteiger partial charge on any atom is -0.480 e. The van der Waals surface area contributed by atoms with Crippen molar-refractivity contribution in [3.8, 4) is 5.88 Å². The molecule has 1 heterocycles. The summed E-state index contributed by atoms with van der Waals surface area (Å²) >= 11 is 0. The molecule has 2 atom stereocenters. The maximum atomic E-state index is 12.2. The molecular weight excluding hydrogens is 464 g/mol. The number of carbonyl (C=O) groups excluding carboxylic acids is 3. The third kappa shape index (κ3) is 9.61. The second-order valence-electron chi connectivity index (χ2n) is 8.13. The van der Waals surface area contributed by atoms with Crippen LogP contribution in [0.2, 0.25) is 0 Å². The third-order valence-corrected chi connectivity index (χ3v) is 4.17. The lowest BCUT2D eigenvalue weighted by Gasteiger charge is -2.21. The molecule has 0 radical (unpaired) electrons. The van der Waals surface area contributed by atoms with Gasteiger partial charge in [-0.3, -0.25) is 4.79 Å². The lowest BCUT2D eigenvalue weighted by Crippen LogP contribution is -2.49. The number of carbonyl (C=O) groups is 4. The van der Waals surface area contributed by atoms with Gasteiger partial charge in [0, 0.05) is 6.07 Å². The zero-order valence-electron chi connectivity index (χ0n) is 19.5. The number of amides is 3. The first-order valence-corrected chi connectivity index (χ1v) is 10.5. The summed E-state index contributed by atoms with van der Waals surface area (Å²) in [6, 6.07) is 7.08. The highest BCUT2D eigenvalue weighted by atomic mass is 16.6. The molecule has 0 bridgehead atoms. The van der Waals surface area contributed by atoms with Crippen molar-refractivity contribution in [2.24, 2.45) is 0 Å². The molecule has 0 spiro atoms. The average molecular weight is 492 g/mol. The van der Waals surface area contributed by atoms with Crippen LogP contribution in [0.3, 0.4) is 0 Å². The Morgan fingerprint density at radius 1 is 1.17 bits per heavy atom. The van der Waals surface area contributed by atoms with Gasteiger partial charge in [-0.25, -0.2) is 14.4 Å². The number of rotatable bonds is 12. The summed E-state index contributed by atoms with van der Waals surface area (Å²) in [6.07, 6.45) is -1.37. The number of nitrogens with zero attached hydrogens (tertiary/aromatic N) is 1. The molecule has 4 N–H and O–H groups in total. The van der Waals surface area contributed by atoms with Crippen LogP contribution in [-0.4, -0.2) is 59.6 Å². The fourth-order valence-corrected chi connectivity index (χ4v) is 2.70. The SMILES string of the molecule is CC(C)(C)OC(=O)NCCOc1cc(C(NC=O)C(NC(=O)OCc2ccccc2)C(=O)O)on1. The van der Waals surface area contributed by atoms with E-state index in [1.807, 2.05) is 0 Å². The third-order valence-electron chi connectivity index (χ3n) is 4.17. The first-order chi connectivity index (χ1) is 16.6. The summed E-state index contributed by atoms with van der Waals surface area (Å²) in [5.74, 6) is -1.58. The van der Waals surface area contributed by atoms with Crippen molar-refractivity contribution in [3.05, 3.63) is 47.7 Å². The Morgan fingerprint density at radius 3 is 2.51 bits per heavy atom. The largest absolute Gasteiger partial charge is 0.480 e. The summed E-state index contributed by atoms with van der Waals surface area (Å²) < 4.78 is 20.6. The van der Waals surface area contributed by atoms with Crippen molar-refractivity contribution in [1.29, 1.82) is 0 Å². The molecule has 1 aromatic carbocycles. The highest BCUT2D eigenvalue weighted by Crippen LogP contribution is 2.22. The van der Waals surface area contributed by atoms with Crippen LogP contribution in [0.4, 0.5) is 9.59 Å². The number of carboxylic acid groups (broad SMARTS) is 1. The van der Waals surface area contributed by atoms with Crippen LogP contribution in [0, 0.1) is 0 Å². The molecule has 2 rings (SSSR count). The van der Waals surface area contributed by atoms with E-state index < -0.39 is 35.8 Å². The van der Waals surface area contributed by atoms with Gasteiger partial charge in [0.1, 0.15) is 24.9 Å². The van der Waals surface area contributed by atoms with Gasteiger partial charge in [0.15, 0.2) is 11.8 Å². The molecule has 2 aromatic rings. The number of aliphatic carboxylic acids is 1. The summed E-state index contributed by atoms with van der Waals surface area (Å²) in [4.78, 5) is 46.7. The second kappa shape index (κ2) is 12.8. The molecule has 3 amide bonds. The smallest absolute Gasteiger partial charge is 0.408 e. The summed E-state index contributed by atoms with van der Waals surface area (Å²) in [6.45, 7) is 5.20. The van der Waals surface area contributed by atoms with Crippen LogP contribution < -0.4 is 20.7 Å². The van der Waals surface area contributed by atoms with E-state index in [2.05, 4.69) is 21.1 Å². The second-order valence-corrected chi connectivity index (χ2v) is 8.13. The molecule has 35 heavy (non-hydrogen) atoms. The number of hydrogen-bond donors (Lipinski definition) is 4. The van der Waals surface area contributed by atoms with Gasteiger partial charge in [0.2, 0.25) is 6.41 Å². The highest BCUT2D eigenvalue weighted by Gasteiger charge is 2.34. The number of ether oxygens (including phenoxy) is 3. The van der Waals surface area contributed by atoms with E-state index in [4.69, 9.17) is 18.7 Å². The van der Waals surface area contributed by atoms with E-state index in [0.717, 1.165) is 0 Å². The molecule has 0 fully saturated rings. The first kappa shape index (κ1) is 27.0. The number of alkyl carbamates (subject to hydrolysis) is 2. The van der Waals surface area contributed by atoms with E-state index in [0.29, 0.717) is 5.56 Å². The highest BCUT2D eigenvalue weighted by molar-refractivity contribution is 5.81. The minimum atomic E-state index is -1.64. The van der Waals surface area contributed by atoms with Gasteiger partial charge in [0.25, 0.3) is 5.88 Å². The molecule has 190 valence electrons. The Labute approximate surface area is 201 Å². The number of benzene rings is 1. The van der Waals surface area contributed by atoms with Crippen LogP contribution >= 0.6 is 0 Å². The Kier molecular flexibility index (Phi) is 9.87. The predicted molar refractivity (Wildman–Crippen MR) is 119 cm³/mol. The van der Waals surface area contributed by atoms with Crippen LogP contribution in [-0.2, 0) is 25.7 Å². The van der Waals surface area contributed by atoms with Crippen molar-refractivity contribution < 1.29 is 43.0 Å². The normalized spacial score (nSPS) is 12.5. The average Bonchev–Trinajstić information content (AvgIpc) is 3.25. The predicted octanol–water partition coefficient (Wildman–Crippen LogP) is 1.74. The molecule has 13 heteroatoms. The molecule has 13 nitrogen and oxygen atoms in total. The van der Waals surface area contributed by atoms with Gasteiger partial charge in [-0.05, 0) is 31.5 Å². The molecule has 0 aliphatic rings. The number of nitrogens with one attached hydrogen (secondary N) is 3. The van der Waals surface area contributed by atoms with Crippen LogP contribution in [0.15, 0.2) is 40.9 Å².